The van der Waals surface area contributed by atoms with E-state index in [2.05, 4.69) is 35.2 Å². The molecule has 2 heterocycles. The van der Waals surface area contributed by atoms with Gasteiger partial charge in [-0.2, -0.15) is 11.8 Å². The third kappa shape index (κ3) is 2.84. The Kier molecular flexibility index (Phi) is 3.46. The fourth-order valence-electron chi connectivity index (χ4n) is 1.44. The number of nitrogens with one attached hydrogen (secondary N) is 1. The molecule has 2 rings (SSSR count). The first-order chi connectivity index (χ1) is 7.25. The lowest BCUT2D eigenvalue weighted by molar-refractivity contribution is 0.675. The Balaban J connectivity index is 1.92. The lowest BCUT2D eigenvalue weighted by Crippen LogP contribution is -2.26. The second-order valence-electron chi connectivity index (χ2n) is 4.27. The summed E-state index contributed by atoms with van der Waals surface area (Å²) in [6, 6.07) is 2.05. The first-order valence-corrected chi connectivity index (χ1v) is 6.54. The average Bonchev–Trinajstić information content (AvgIpc) is 2.16. The maximum absolute atomic E-state index is 4.24. The molecular weight excluding hydrogens is 206 g/mol. The summed E-state index contributed by atoms with van der Waals surface area (Å²) >= 11 is 2.02. The summed E-state index contributed by atoms with van der Waals surface area (Å²) in [5.74, 6) is 4.83. The molecule has 1 fully saturated rings. The molecule has 3 nitrogen and oxygen atoms in total. The van der Waals surface area contributed by atoms with Crippen molar-refractivity contribution in [2.45, 2.75) is 19.8 Å². The first-order valence-electron chi connectivity index (χ1n) is 5.39. The third-order valence-corrected chi connectivity index (χ3v) is 3.97. The van der Waals surface area contributed by atoms with E-state index in [0.29, 0.717) is 5.92 Å². The van der Waals surface area contributed by atoms with Crippen LogP contribution in [-0.4, -0.2) is 28.0 Å². The van der Waals surface area contributed by atoms with Gasteiger partial charge in [0.15, 0.2) is 0 Å². The van der Waals surface area contributed by atoms with Crippen molar-refractivity contribution in [2.75, 3.05) is 23.4 Å². The van der Waals surface area contributed by atoms with E-state index in [4.69, 9.17) is 0 Å². The minimum absolute atomic E-state index is 0.466. The normalized spacial score (nSPS) is 16.5. The molecule has 1 saturated heterocycles. The van der Waals surface area contributed by atoms with Gasteiger partial charge in [-0.1, -0.05) is 13.8 Å². The van der Waals surface area contributed by atoms with Crippen LogP contribution >= 0.6 is 11.8 Å². The topological polar surface area (TPSA) is 37.8 Å². The number of thioether (sulfide) groups is 1. The largest absolute Gasteiger partial charge is 0.370 e. The zero-order valence-corrected chi connectivity index (χ0v) is 10.0. The molecule has 0 bridgehead atoms. The van der Waals surface area contributed by atoms with Crippen molar-refractivity contribution >= 4 is 17.6 Å². The van der Waals surface area contributed by atoms with E-state index in [9.17, 15) is 0 Å². The third-order valence-electron chi connectivity index (χ3n) is 2.56. The Morgan fingerprint density at radius 2 is 2.27 bits per heavy atom. The van der Waals surface area contributed by atoms with Crippen LogP contribution in [0.3, 0.4) is 0 Å². The Hall–Kier alpha value is -0.770. The van der Waals surface area contributed by atoms with Crippen LogP contribution in [0.25, 0.3) is 0 Å². The first kappa shape index (κ1) is 10.7. The number of nitrogens with zero attached hydrogens (tertiary/aromatic N) is 2. The molecule has 0 atom stereocenters. The van der Waals surface area contributed by atoms with Crippen molar-refractivity contribution in [1.82, 2.24) is 9.97 Å². The van der Waals surface area contributed by atoms with Crippen LogP contribution in [0.5, 0.6) is 0 Å². The fraction of sp³-hybridized carbons (Fsp3) is 0.636. The molecule has 0 aliphatic carbocycles. The van der Waals surface area contributed by atoms with E-state index in [1.165, 1.54) is 11.5 Å². The summed E-state index contributed by atoms with van der Waals surface area (Å²) in [6.45, 7) is 5.34. The van der Waals surface area contributed by atoms with E-state index in [1.807, 2.05) is 11.8 Å². The summed E-state index contributed by atoms with van der Waals surface area (Å²) < 4.78 is 0. The van der Waals surface area contributed by atoms with E-state index in [1.54, 1.807) is 6.33 Å². The molecule has 15 heavy (non-hydrogen) atoms. The van der Waals surface area contributed by atoms with E-state index in [-0.39, 0.29) is 0 Å². The SMILES string of the molecule is CC(C)c1cc(NCC2CSC2)ncn1. The maximum atomic E-state index is 4.24. The van der Waals surface area contributed by atoms with Gasteiger partial charge in [0.2, 0.25) is 0 Å². The van der Waals surface area contributed by atoms with Crippen LogP contribution in [0.1, 0.15) is 25.5 Å². The van der Waals surface area contributed by atoms with Crippen LogP contribution in [-0.2, 0) is 0 Å². The van der Waals surface area contributed by atoms with Gasteiger partial charge < -0.3 is 5.32 Å². The van der Waals surface area contributed by atoms with Gasteiger partial charge in [-0.15, -0.1) is 0 Å². The van der Waals surface area contributed by atoms with Gasteiger partial charge in [-0.25, -0.2) is 9.97 Å². The summed E-state index contributed by atoms with van der Waals surface area (Å²) in [4.78, 5) is 8.47. The van der Waals surface area contributed by atoms with Gasteiger partial charge in [-0.05, 0) is 23.3 Å². The molecule has 1 aliphatic rings. The van der Waals surface area contributed by atoms with Crippen molar-refractivity contribution < 1.29 is 0 Å². The number of hydrogen-bond donors (Lipinski definition) is 1. The Morgan fingerprint density at radius 3 is 2.87 bits per heavy atom. The monoisotopic (exact) mass is 223 g/mol. The number of rotatable bonds is 4. The molecule has 4 heteroatoms. The summed E-state index contributed by atoms with van der Waals surface area (Å²) in [5.41, 5.74) is 1.11. The van der Waals surface area contributed by atoms with Gasteiger partial charge >= 0.3 is 0 Å². The lowest BCUT2D eigenvalue weighted by Gasteiger charge is -2.25. The molecule has 0 spiro atoms. The van der Waals surface area contributed by atoms with Crippen LogP contribution in [0, 0.1) is 5.92 Å². The Labute approximate surface area is 95.1 Å². The molecule has 0 aromatic carbocycles. The van der Waals surface area contributed by atoms with Crippen LogP contribution in [0.4, 0.5) is 5.82 Å². The van der Waals surface area contributed by atoms with Crippen LogP contribution in [0.15, 0.2) is 12.4 Å². The van der Waals surface area contributed by atoms with Gasteiger partial charge in [0, 0.05) is 18.3 Å². The standard InChI is InChI=1S/C11H17N3S/c1-8(2)10-3-11(14-7-13-10)12-4-9-5-15-6-9/h3,7-9H,4-6H2,1-2H3,(H,12,13,14). The summed E-state index contributed by atoms with van der Waals surface area (Å²) in [6.07, 6.45) is 1.65. The maximum Gasteiger partial charge on any atom is 0.129 e. The van der Waals surface area contributed by atoms with Crippen LogP contribution < -0.4 is 5.32 Å². The van der Waals surface area contributed by atoms with E-state index < -0.39 is 0 Å². The number of aromatic nitrogens is 2. The average molecular weight is 223 g/mol. The van der Waals surface area contributed by atoms with E-state index >= 15 is 0 Å². The quantitative estimate of drug-likeness (QED) is 0.850. The summed E-state index contributed by atoms with van der Waals surface area (Å²) in [7, 11) is 0. The number of hydrogen-bond acceptors (Lipinski definition) is 4. The van der Waals surface area contributed by atoms with Gasteiger partial charge in [0.1, 0.15) is 12.1 Å². The van der Waals surface area contributed by atoms with Crippen molar-refractivity contribution in [2.24, 2.45) is 5.92 Å². The van der Waals surface area contributed by atoms with Gasteiger partial charge in [0.05, 0.1) is 0 Å². The Bertz CT molecular complexity index is 323. The molecule has 1 aromatic rings. The molecule has 1 aliphatic heterocycles. The van der Waals surface area contributed by atoms with Gasteiger partial charge in [-0.3, -0.25) is 0 Å². The molecule has 82 valence electrons. The zero-order chi connectivity index (χ0) is 10.7. The molecular formula is C11H17N3S. The molecule has 0 amide bonds. The highest BCUT2D eigenvalue weighted by Gasteiger charge is 2.17. The predicted octanol–water partition coefficient (Wildman–Crippen LogP) is 2.37. The summed E-state index contributed by atoms with van der Waals surface area (Å²) in [5, 5.41) is 3.38. The fourth-order valence-corrected chi connectivity index (χ4v) is 2.24. The van der Waals surface area contributed by atoms with Gasteiger partial charge in [0.25, 0.3) is 0 Å². The van der Waals surface area contributed by atoms with Crippen molar-refractivity contribution in [1.29, 1.82) is 0 Å². The van der Waals surface area contributed by atoms with Crippen molar-refractivity contribution in [3.8, 4) is 0 Å². The van der Waals surface area contributed by atoms with Crippen molar-refractivity contribution in [3.05, 3.63) is 18.1 Å². The molecule has 0 saturated carbocycles. The highest BCUT2D eigenvalue weighted by atomic mass is 32.2. The van der Waals surface area contributed by atoms with Crippen LogP contribution in [0.2, 0.25) is 0 Å². The second kappa shape index (κ2) is 4.84. The highest BCUT2D eigenvalue weighted by Crippen LogP contribution is 2.24. The lowest BCUT2D eigenvalue weighted by atomic mass is 10.1. The van der Waals surface area contributed by atoms with E-state index in [0.717, 1.165) is 24.0 Å². The molecule has 0 unspecified atom stereocenters. The number of anilines is 1. The zero-order valence-electron chi connectivity index (χ0n) is 9.23. The van der Waals surface area contributed by atoms with Crippen molar-refractivity contribution in [3.63, 3.8) is 0 Å². The highest BCUT2D eigenvalue weighted by molar-refractivity contribution is 8.00. The minimum Gasteiger partial charge on any atom is -0.370 e. The minimum atomic E-state index is 0.466. The predicted molar refractivity (Wildman–Crippen MR) is 65.4 cm³/mol. The molecule has 1 aromatic heterocycles. The Morgan fingerprint density at radius 1 is 1.47 bits per heavy atom. The smallest absolute Gasteiger partial charge is 0.129 e. The second-order valence-corrected chi connectivity index (χ2v) is 5.34. The molecule has 1 N–H and O–H groups in total. The molecule has 0 radical (unpaired) electrons.